The van der Waals surface area contributed by atoms with Crippen molar-refractivity contribution >= 4 is 51.9 Å². The number of aryl methyl sites for hydroxylation is 6. The summed E-state index contributed by atoms with van der Waals surface area (Å²) >= 11 is 0. The van der Waals surface area contributed by atoms with E-state index in [1.807, 2.05) is 12.3 Å². The fourth-order valence-corrected chi connectivity index (χ4v) is 13.2. The number of nitrogens with zero attached hydrogens (tertiary/aromatic N) is 1. The maximum absolute atomic E-state index is 4.64. The van der Waals surface area contributed by atoms with Gasteiger partial charge in [-0.25, -0.2) is 0 Å². The molecule has 7 rings (SSSR count). The van der Waals surface area contributed by atoms with Crippen LogP contribution in [0.15, 0.2) is 158 Å². The predicted octanol–water partition coefficient (Wildman–Crippen LogP) is 6.49. The highest BCUT2D eigenvalue weighted by atomic mass is 28.3. The Hall–Kier alpha value is -5.25. The first-order chi connectivity index (χ1) is 24.3. The molecule has 7 aromatic rings. The maximum Gasteiger partial charge on any atom is 0.242 e. The Morgan fingerprint density at radius 1 is 0.420 bits per heavy atom. The average molecular weight is 662 g/mol. The molecule has 6 aromatic carbocycles. The standard InChI is InChI=1S/C47H44BNSi/c1-33-29-35(3)46(36(4)30-33)48(47-37(5)31-34(2)32-38(47)6)40-22-26-44(27-23-40)50(41-15-9-7-10-16-41,42-17-11-8-12-18-42)43-24-20-39(21-25-43)45-19-13-14-28-49-45/h7-32H,1-6H3. The summed E-state index contributed by atoms with van der Waals surface area (Å²) in [6.45, 7) is 13.7. The largest absolute Gasteiger partial charge is 0.256 e. The molecule has 0 spiro atoms. The van der Waals surface area contributed by atoms with Crippen LogP contribution in [0.2, 0.25) is 0 Å². The van der Waals surface area contributed by atoms with Crippen LogP contribution in [0.25, 0.3) is 11.3 Å². The van der Waals surface area contributed by atoms with Gasteiger partial charge in [-0.2, -0.15) is 0 Å². The van der Waals surface area contributed by atoms with Crippen LogP contribution in [0.4, 0.5) is 0 Å². The Kier molecular flexibility index (Phi) is 9.27. The van der Waals surface area contributed by atoms with Crippen LogP contribution in [0.5, 0.6) is 0 Å². The van der Waals surface area contributed by atoms with Gasteiger partial charge in [-0.1, -0.05) is 189 Å². The molecule has 50 heavy (non-hydrogen) atoms. The van der Waals surface area contributed by atoms with Gasteiger partial charge < -0.3 is 0 Å². The molecule has 0 fully saturated rings. The molecular formula is C47H44BNSi. The molecule has 244 valence electrons. The number of benzene rings is 6. The van der Waals surface area contributed by atoms with Crippen LogP contribution >= 0.6 is 0 Å². The summed E-state index contributed by atoms with van der Waals surface area (Å²) < 4.78 is 0. The maximum atomic E-state index is 4.64. The lowest BCUT2D eigenvalue weighted by Crippen LogP contribution is -2.74. The minimum absolute atomic E-state index is 0.132. The molecule has 1 heterocycles. The van der Waals surface area contributed by atoms with Crippen LogP contribution in [0.1, 0.15) is 33.4 Å². The van der Waals surface area contributed by atoms with Crippen LogP contribution in [-0.4, -0.2) is 19.8 Å². The molecular weight excluding hydrogens is 617 g/mol. The number of rotatable bonds is 8. The van der Waals surface area contributed by atoms with Crippen molar-refractivity contribution < 1.29 is 0 Å². The van der Waals surface area contributed by atoms with E-state index >= 15 is 0 Å². The minimum Gasteiger partial charge on any atom is -0.256 e. The van der Waals surface area contributed by atoms with Crippen molar-refractivity contribution in [1.29, 1.82) is 0 Å². The van der Waals surface area contributed by atoms with Crippen LogP contribution in [0.3, 0.4) is 0 Å². The van der Waals surface area contributed by atoms with Gasteiger partial charge in [-0.3, -0.25) is 4.98 Å². The molecule has 0 saturated carbocycles. The third-order valence-electron chi connectivity index (χ3n) is 10.4. The second-order valence-electron chi connectivity index (χ2n) is 14.0. The predicted molar refractivity (Wildman–Crippen MR) is 219 cm³/mol. The molecule has 1 nitrogen and oxygen atoms in total. The lowest BCUT2D eigenvalue weighted by Gasteiger charge is -2.35. The van der Waals surface area contributed by atoms with Gasteiger partial charge in [0.25, 0.3) is 0 Å². The first-order valence-corrected chi connectivity index (χ1v) is 19.7. The molecule has 0 atom stereocenters. The lowest BCUT2D eigenvalue weighted by atomic mass is 9.34. The van der Waals surface area contributed by atoms with Gasteiger partial charge in [-0.05, 0) is 74.4 Å². The van der Waals surface area contributed by atoms with Crippen LogP contribution in [-0.2, 0) is 0 Å². The summed E-state index contributed by atoms with van der Waals surface area (Å²) in [6, 6.07) is 56.8. The first-order valence-electron chi connectivity index (χ1n) is 17.7. The van der Waals surface area contributed by atoms with Crippen LogP contribution < -0.4 is 37.1 Å². The highest BCUT2D eigenvalue weighted by Crippen LogP contribution is 2.18. The summed E-state index contributed by atoms with van der Waals surface area (Å²) in [5.41, 5.74) is 14.3. The van der Waals surface area contributed by atoms with Gasteiger partial charge in [0.15, 0.2) is 8.07 Å². The van der Waals surface area contributed by atoms with Crippen molar-refractivity contribution in [3.05, 3.63) is 191 Å². The van der Waals surface area contributed by atoms with E-state index in [9.17, 15) is 0 Å². The van der Waals surface area contributed by atoms with E-state index in [-0.39, 0.29) is 6.71 Å². The zero-order valence-corrected chi connectivity index (χ0v) is 31.0. The van der Waals surface area contributed by atoms with E-state index in [2.05, 4.69) is 192 Å². The average Bonchev–Trinajstić information content (AvgIpc) is 3.12. The second-order valence-corrected chi connectivity index (χ2v) is 17.8. The number of hydrogen-bond acceptors (Lipinski definition) is 1. The number of pyridine rings is 1. The van der Waals surface area contributed by atoms with Crippen molar-refractivity contribution in [2.24, 2.45) is 0 Å². The topological polar surface area (TPSA) is 12.9 Å². The van der Waals surface area contributed by atoms with Crippen molar-refractivity contribution in [3.63, 3.8) is 0 Å². The van der Waals surface area contributed by atoms with Gasteiger partial charge >= 0.3 is 0 Å². The quantitative estimate of drug-likeness (QED) is 0.134. The molecule has 0 saturated heterocycles. The molecule has 0 N–H and O–H groups in total. The molecule has 0 aliphatic carbocycles. The molecule has 0 aliphatic rings. The number of aromatic nitrogens is 1. The minimum atomic E-state index is -2.72. The Balaban J connectivity index is 1.46. The Morgan fingerprint density at radius 2 is 0.820 bits per heavy atom. The fraction of sp³-hybridized carbons (Fsp3) is 0.128. The summed E-state index contributed by atoms with van der Waals surface area (Å²) in [6.07, 6.45) is 1.87. The van der Waals surface area contributed by atoms with Gasteiger partial charge in [0.05, 0.1) is 5.69 Å². The number of hydrogen-bond donors (Lipinski definition) is 0. The molecule has 1 aromatic heterocycles. The zero-order chi connectivity index (χ0) is 34.8. The van der Waals surface area contributed by atoms with Crippen LogP contribution in [0, 0.1) is 41.5 Å². The Labute approximate surface area is 299 Å². The van der Waals surface area contributed by atoms with E-state index in [1.165, 1.54) is 70.5 Å². The third kappa shape index (κ3) is 6.08. The van der Waals surface area contributed by atoms with E-state index in [0.717, 1.165) is 11.3 Å². The highest BCUT2D eigenvalue weighted by Gasteiger charge is 2.41. The lowest BCUT2D eigenvalue weighted by molar-refractivity contribution is 1.33. The van der Waals surface area contributed by atoms with Crippen molar-refractivity contribution in [1.82, 2.24) is 4.98 Å². The van der Waals surface area contributed by atoms with E-state index in [4.69, 9.17) is 0 Å². The van der Waals surface area contributed by atoms with Gasteiger partial charge in [0.2, 0.25) is 6.71 Å². The summed E-state index contributed by atoms with van der Waals surface area (Å²) in [5.74, 6) is 0. The highest BCUT2D eigenvalue weighted by molar-refractivity contribution is 7.20. The van der Waals surface area contributed by atoms with Gasteiger partial charge in [-0.15, -0.1) is 0 Å². The first kappa shape index (κ1) is 33.3. The van der Waals surface area contributed by atoms with Gasteiger partial charge in [0, 0.05) is 11.8 Å². The normalized spacial score (nSPS) is 11.4. The van der Waals surface area contributed by atoms with E-state index < -0.39 is 8.07 Å². The Morgan fingerprint density at radius 3 is 1.24 bits per heavy atom. The summed E-state index contributed by atoms with van der Waals surface area (Å²) in [7, 11) is -2.72. The zero-order valence-electron chi connectivity index (χ0n) is 30.0. The van der Waals surface area contributed by atoms with E-state index in [1.54, 1.807) is 0 Å². The smallest absolute Gasteiger partial charge is 0.242 e. The van der Waals surface area contributed by atoms with Crippen molar-refractivity contribution in [2.45, 2.75) is 41.5 Å². The molecule has 0 unspecified atom stereocenters. The molecule has 0 bridgehead atoms. The molecule has 0 amide bonds. The Bertz CT molecular complexity index is 2100. The fourth-order valence-electron chi connectivity index (χ4n) is 8.50. The van der Waals surface area contributed by atoms with Gasteiger partial charge in [0.1, 0.15) is 0 Å². The van der Waals surface area contributed by atoms with E-state index in [0.29, 0.717) is 0 Å². The molecule has 0 radical (unpaired) electrons. The second kappa shape index (κ2) is 13.9. The van der Waals surface area contributed by atoms with Crippen molar-refractivity contribution in [3.8, 4) is 11.3 Å². The molecule has 0 aliphatic heterocycles. The summed E-state index contributed by atoms with van der Waals surface area (Å²) in [5, 5.41) is 5.47. The third-order valence-corrected chi connectivity index (χ3v) is 15.2. The SMILES string of the molecule is Cc1cc(C)c(B(c2ccc([Si](c3ccccc3)(c3ccccc3)c3ccc(-c4ccccn4)cc3)cc2)c2c(C)cc(C)cc2C)c(C)c1. The monoisotopic (exact) mass is 661 g/mol. The molecule has 3 heteroatoms. The summed E-state index contributed by atoms with van der Waals surface area (Å²) in [4.78, 5) is 4.64. The van der Waals surface area contributed by atoms with Crippen molar-refractivity contribution in [2.75, 3.05) is 0 Å².